The van der Waals surface area contributed by atoms with Crippen LogP contribution >= 0.6 is 0 Å². The van der Waals surface area contributed by atoms with Crippen molar-refractivity contribution in [1.82, 2.24) is 4.90 Å². The number of aliphatic hydroxyl groups is 1. The zero-order valence-electron chi connectivity index (χ0n) is 7.67. The van der Waals surface area contributed by atoms with Gasteiger partial charge in [0.2, 0.25) is 0 Å². The molecule has 1 heterocycles. The van der Waals surface area contributed by atoms with Gasteiger partial charge in [-0.3, -0.25) is 0 Å². The zero-order valence-corrected chi connectivity index (χ0v) is 7.67. The molecular weight excluding hydrogens is 157 g/mol. The molecule has 2 atom stereocenters. The van der Waals surface area contributed by atoms with Crippen LogP contribution in [0.25, 0.3) is 0 Å². The standard InChI is InChI=1S/C9H18FNO/c1-11-4-2-3-8(6-11)5-9(10)7-12/h8-9,12H,2-7H2,1H3. The first-order chi connectivity index (χ1) is 5.72. The number of nitrogens with zero attached hydrogens (tertiary/aromatic N) is 1. The minimum absolute atomic E-state index is 0.319. The molecule has 1 saturated heterocycles. The van der Waals surface area contributed by atoms with Gasteiger partial charge in [0.25, 0.3) is 0 Å². The molecule has 0 spiro atoms. The molecule has 2 nitrogen and oxygen atoms in total. The summed E-state index contributed by atoms with van der Waals surface area (Å²) in [5.74, 6) is 0.450. The van der Waals surface area contributed by atoms with Crippen LogP contribution in [0.3, 0.4) is 0 Å². The van der Waals surface area contributed by atoms with Crippen LogP contribution in [0.5, 0.6) is 0 Å². The molecule has 1 fully saturated rings. The molecule has 72 valence electrons. The van der Waals surface area contributed by atoms with Crippen molar-refractivity contribution >= 4 is 0 Å². The number of aliphatic hydroxyl groups excluding tert-OH is 1. The van der Waals surface area contributed by atoms with E-state index in [1.807, 2.05) is 0 Å². The summed E-state index contributed by atoms with van der Waals surface area (Å²) in [6, 6.07) is 0. The molecule has 1 rings (SSSR count). The van der Waals surface area contributed by atoms with Gasteiger partial charge in [0.1, 0.15) is 6.17 Å². The lowest BCUT2D eigenvalue weighted by molar-refractivity contribution is 0.122. The molecule has 0 amide bonds. The molecule has 0 saturated carbocycles. The topological polar surface area (TPSA) is 23.5 Å². The minimum Gasteiger partial charge on any atom is -0.393 e. The number of alkyl halides is 1. The van der Waals surface area contributed by atoms with Gasteiger partial charge in [-0.05, 0) is 38.8 Å². The molecule has 0 aromatic carbocycles. The monoisotopic (exact) mass is 175 g/mol. The summed E-state index contributed by atoms with van der Waals surface area (Å²) in [4.78, 5) is 2.23. The highest BCUT2D eigenvalue weighted by Crippen LogP contribution is 2.20. The van der Waals surface area contributed by atoms with Crippen LogP contribution in [-0.2, 0) is 0 Å². The van der Waals surface area contributed by atoms with Crippen molar-refractivity contribution < 1.29 is 9.50 Å². The number of likely N-dealkylation sites (tertiary alicyclic amines) is 1. The van der Waals surface area contributed by atoms with Gasteiger partial charge < -0.3 is 10.0 Å². The first-order valence-corrected chi connectivity index (χ1v) is 4.66. The highest BCUT2D eigenvalue weighted by molar-refractivity contribution is 4.73. The predicted molar refractivity (Wildman–Crippen MR) is 46.8 cm³/mol. The van der Waals surface area contributed by atoms with E-state index in [0.717, 1.165) is 19.5 Å². The lowest BCUT2D eigenvalue weighted by Crippen LogP contribution is -2.33. The van der Waals surface area contributed by atoms with E-state index in [2.05, 4.69) is 11.9 Å². The van der Waals surface area contributed by atoms with Gasteiger partial charge in [0.15, 0.2) is 0 Å². The molecule has 0 bridgehead atoms. The van der Waals surface area contributed by atoms with Gasteiger partial charge in [-0.15, -0.1) is 0 Å². The Morgan fingerprint density at radius 2 is 2.42 bits per heavy atom. The van der Waals surface area contributed by atoms with E-state index in [4.69, 9.17) is 5.11 Å². The second-order valence-corrected chi connectivity index (χ2v) is 3.79. The third kappa shape index (κ3) is 3.07. The number of hydrogen-bond acceptors (Lipinski definition) is 2. The van der Waals surface area contributed by atoms with Crippen LogP contribution < -0.4 is 0 Å². The Balaban J connectivity index is 2.22. The smallest absolute Gasteiger partial charge is 0.123 e. The van der Waals surface area contributed by atoms with E-state index < -0.39 is 6.17 Å². The van der Waals surface area contributed by atoms with E-state index in [1.165, 1.54) is 6.42 Å². The molecule has 0 radical (unpaired) electrons. The summed E-state index contributed by atoms with van der Waals surface area (Å²) in [6.07, 6.45) is 1.80. The van der Waals surface area contributed by atoms with E-state index in [9.17, 15) is 4.39 Å². The van der Waals surface area contributed by atoms with Crippen molar-refractivity contribution in [3.63, 3.8) is 0 Å². The van der Waals surface area contributed by atoms with Crippen LogP contribution in [0.15, 0.2) is 0 Å². The molecule has 12 heavy (non-hydrogen) atoms. The van der Waals surface area contributed by atoms with Gasteiger partial charge in [0, 0.05) is 6.54 Å². The quantitative estimate of drug-likeness (QED) is 0.693. The molecule has 0 aromatic rings. The normalized spacial score (nSPS) is 28.8. The Bertz CT molecular complexity index is 132. The average molecular weight is 175 g/mol. The number of halogens is 1. The Labute approximate surface area is 73.4 Å². The fourth-order valence-corrected chi connectivity index (χ4v) is 1.90. The summed E-state index contributed by atoms with van der Waals surface area (Å²) in [6.45, 7) is 1.80. The fraction of sp³-hybridized carbons (Fsp3) is 1.00. The number of rotatable bonds is 3. The molecule has 0 aromatic heterocycles. The van der Waals surface area contributed by atoms with Crippen LogP contribution in [-0.4, -0.2) is 42.9 Å². The van der Waals surface area contributed by atoms with Crippen LogP contribution in [0.2, 0.25) is 0 Å². The zero-order chi connectivity index (χ0) is 8.97. The average Bonchev–Trinajstić information content (AvgIpc) is 2.04. The summed E-state index contributed by atoms with van der Waals surface area (Å²) < 4.78 is 12.8. The Morgan fingerprint density at radius 1 is 1.67 bits per heavy atom. The van der Waals surface area contributed by atoms with Gasteiger partial charge in [-0.2, -0.15) is 0 Å². The summed E-state index contributed by atoms with van der Waals surface area (Å²) in [7, 11) is 2.07. The maximum absolute atomic E-state index is 12.8. The predicted octanol–water partition coefficient (Wildman–Crippen LogP) is 1.05. The highest BCUT2D eigenvalue weighted by Gasteiger charge is 2.20. The second kappa shape index (κ2) is 4.77. The number of piperidine rings is 1. The lowest BCUT2D eigenvalue weighted by Gasteiger charge is -2.30. The Kier molecular flexibility index (Phi) is 3.95. The van der Waals surface area contributed by atoms with Crippen molar-refractivity contribution in [2.75, 3.05) is 26.7 Å². The fourth-order valence-electron chi connectivity index (χ4n) is 1.90. The summed E-state index contributed by atoms with van der Waals surface area (Å²) >= 11 is 0. The van der Waals surface area contributed by atoms with Crippen molar-refractivity contribution in [2.45, 2.75) is 25.4 Å². The van der Waals surface area contributed by atoms with Crippen LogP contribution in [0.4, 0.5) is 4.39 Å². The highest BCUT2D eigenvalue weighted by atomic mass is 19.1. The molecule has 0 aliphatic carbocycles. The molecule has 1 aliphatic heterocycles. The molecule has 3 heteroatoms. The summed E-state index contributed by atoms with van der Waals surface area (Å²) in [5, 5.41) is 8.54. The summed E-state index contributed by atoms with van der Waals surface area (Å²) in [5.41, 5.74) is 0. The molecule has 1 N–H and O–H groups in total. The van der Waals surface area contributed by atoms with E-state index in [0.29, 0.717) is 12.3 Å². The van der Waals surface area contributed by atoms with Gasteiger partial charge in [-0.1, -0.05) is 0 Å². The third-order valence-electron chi connectivity index (χ3n) is 2.51. The number of hydrogen-bond donors (Lipinski definition) is 1. The second-order valence-electron chi connectivity index (χ2n) is 3.79. The Morgan fingerprint density at radius 3 is 3.00 bits per heavy atom. The van der Waals surface area contributed by atoms with Crippen LogP contribution in [0.1, 0.15) is 19.3 Å². The van der Waals surface area contributed by atoms with E-state index in [-0.39, 0.29) is 6.61 Å². The minimum atomic E-state index is -1.01. The van der Waals surface area contributed by atoms with Crippen molar-refractivity contribution in [3.05, 3.63) is 0 Å². The van der Waals surface area contributed by atoms with Gasteiger partial charge in [0.05, 0.1) is 6.61 Å². The van der Waals surface area contributed by atoms with Crippen LogP contribution in [0, 0.1) is 5.92 Å². The van der Waals surface area contributed by atoms with Crippen molar-refractivity contribution in [1.29, 1.82) is 0 Å². The maximum Gasteiger partial charge on any atom is 0.123 e. The third-order valence-corrected chi connectivity index (χ3v) is 2.51. The lowest BCUT2D eigenvalue weighted by atomic mass is 9.93. The van der Waals surface area contributed by atoms with Crippen molar-refractivity contribution in [2.24, 2.45) is 5.92 Å². The molecule has 1 aliphatic rings. The van der Waals surface area contributed by atoms with E-state index >= 15 is 0 Å². The SMILES string of the molecule is CN1CCCC(CC(F)CO)C1. The maximum atomic E-state index is 12.8. The van der Waals surface area contributed by atoms with Crippen molar-refractivity contribution in [3.8, 4) is 0 Å². The Hall–Kier alpha value is -0.150. The van der Waals surface area contributed by atoms with Gasteiger partial charge in [-0.25, -0.2) is 4.39 Å². The first-order valence-electron chi connectivity index (χ1n) is 4.66. The first kappa shape index (κ1) is 9.93. The molecular formula is C9H18FNO. The van der Waals surface area contributed by atoms with Gasteiger partial charge >= 0.3 is 0 Å². The molecule has 2 unspecified atom stereocenters. The van der Waals surface area contributed by atoms with E-state index in [1.54, 1.807) is 0 Å². The largest absolute Gasteiger partial charge is 0.393 e.